The molecule has 1 fully saturated rings. The van der Waals surface area contributed by atoms with Crippen LogP contribution in [0.15, 0.2) is 18.2 Å². The zero-order valence-corrected chi connectivity index (χ0v) is 12.5. The number of rotatable bonds is 7. The van der Waals surface area contributed by atoms with Crippen LogP contribution in [0, 0.1) is 16.0 Å². The molecule has 1 amide bonds. The van der Waals surface area contributed by atoms with E-state index in [1.54, 1.807) is 7.05 Å². The minimum atomic E-state index is -0.582. The van der Waals surface area contributed by atoms with E-state index in [1.165, 1.54) is 35.9 Å². The summed E-state index contributed by atoms with van der Waals surface area (Å²) in [4.78, 5) is 24.1. The van der Waals surface area contributed by atoms with Gasteiger partial charge in [0.2, 0.25) is 0 Å². The fourth-order valence-electron chi connectivity index (χ4n) is 1.88. The van der Waals surface area contributed by atoms with E-state index in [0.29, 0.717) is 24.1 Å². The Labute approximate surface area is 127 Å². The Bertz CT molecular complexity index is 546. The summed E-state index contributed by atoms with van der Waals surface area (Å²) in [6.07, 6.45) is 2.42. The highest BCUT2D eigenvalue weighted by Crippen LogP contribution is 2.28. The van der Waals surface area contributed by atoms with Crippen LogP contribution in [0.4, 0.5) is 5.69 Å². The van der Waals surface area contributed by atoms with E-state index in [9.17, 15) is 14.9 Å². The Hall–Kier alpha value is -1.66. The number of benzene rings is 1. The van der Waals surface area contributed by atoms with Gasteiger partial charge in [-0.25, -0.2) is 0 Å². The summed E-state index contributed by atoms with van der Waals surface area (Å²) in [6, 6.07) is 3.96. The van der Waals surface area contributed by atoms with E-state index in [0.717, 1.165) is 6.61 Å². The molecule has 1 aliphatic rings. The number of hydrogen-bond acceptors (Lipinski definition) is 4. The van der Waals surface area contributed by atoms with Gasteiger partial charge in [0.15, 0.2) is 0 Å². The smallest absolute Gasteiger partial charge is 0.282 e. The molecule has 7 heteroatoms. The molecular weight excluding hydrogens is 296 g/mol. The summed E-state index contributed by atoms with van der Waals surface area (Å²) >= 11 is 5.82. The summed E-state index contributed by atoms with van der Waals surface area (Å²) in [5, 5.41) is 11.3. The van der Waals surface area contributed by atoms with Gasteiger partial charge in [0.05, 0.1) is 11.5 Å². The average molecular weight is 313 g/mol. The van der Waals surface area contributed by atoms with Gasteiger partial charge >= 0.3 is 0 Å². The van der Waals surface area contributed by atoms with Gasteiger partial charge in [-0.1, -0.05) is 11.6 Å². The number of nitro benzene ring substituents is 1. The molecule has 114 valence electrons. The maximum absolute atomic E-state index is 12.3. The van der Waals surface area contributed by atoms with Gasteiger partial charge in [0.1, 0.15) is 5.56 Å². The summed E-state index contributed by atoms with van der Waals surface area (Å²) < 4.78 is 5.46. The minimum absolute atomic E-state index is 0.00260. The first-order valence-corrected chi connectivity index (χ1v) is 7.14. The molecule has 0 bridgehead atoms. The van der Waals surface area contributed by atoms with E-state index < -0.39 is 10.8 Å². The summed E-state index contributed by atoms with van der Waals surface area (Å²) in [5.41, 5.74) is -0.243. The SMILES string of the molecule is CN(CCOCC1CC1)C(=O)c1cc(Cl)ccc1[N+](=O)[O-]. The van der Waals surface area contributed by atoms with Gasteiger partial charge in [-0.2, -0.15) is 0 Å². The maximum atomic E-state index is 12.3. The predicted molar refractivity (Wildman–Crippen MR) is 78.6 cm³/mol. The average Bonchev–Trinajstić information content (AvgIpc) is 3.26. The zero-order valence-electron chi connectivity index (χ0n) is 11.8. The van der Waals surface area contributed by atoms with Gasteiger partial charge in [-0.15, -0.1) is 0 Å². The molecule has 1 aliphatic carbocycles. The number of carbonyl (C=O) groups is 1. The van der Waals surface area contributed by atoms with Crippen LogP contribution in [0.2, 0.25) is 5.02 Å². The molecule has 0 aliphatic heterocycles. The number of ether oxygens (including phenoxy) is 1. The number of likely N-dealkylation sites (N-methyl/N-ethyl adjacent to an activating group) is 1. The van der Waals surface area contributed by atoms with Crippen LogP contribution in [-0.4, -0.2) is 42.5 Å². The monoisotopic (exact) mass is 312 g/mol. The molecule has 1 aromatic carbocycles. The Balaban J connectivity index is 1.96. The summed E-state index contributed by atoms with van der Waals surface area (Å²) in [7, 11) is 1.59. The largest absolute Gasteiger partial charge is 0.379 e. The van der Waals surface area contributed by atoms with Crippen molar-refractivity contribution in [2.45, 2.75) is 12.8 Å². The van der Waals surface area contributed by atoms with Crippen molar-refractivity contribution in [3.8, 4) is 0 Å². The van der Waals surface area contributed by atoms with E-state index in [4.69, 9.17) is 16.3 Å². The van der Waals surface area contributed by atoms with E-state index in [2.05, 4.69) is 0 Å². The van der Waals surface area contributed by atoms with Crippen LogP contribution in [-0.2, 0) is 4.74 Å². The molecule has 0 aromatic heterocycles. The van der Waals surface area contributed by atoms with E-state index >= 15 is 0 Å². The minimum Gasteiger partial charge on any atom is -0.379 e. The molecule has 21 heavy (non-hydrogen) atoms. The molecule has 6 nitrogen and oxygen atoms in total. The van der Waals surface area contributed by atoms with Crippen LogP contribution in [0.25, 0.3) is 0 Å². The highest BCUT2D eigenvalue weighted by Gasteiger charge is 2.24. The number of hydrogen-bond donors (Lipinski definition) is 0. The lowest BCUT2D eigenvalue weighted by Crippen LogP contribution is -2.30. The van der Waals surface area contributed by atoms with Crippen molar-refractivity contribution in [3.63, 3.8) is 0 Å². The van der Waals surface area contributed by atoms with Crippen LogP contribution < -0.4 is 0 Å². The lowest BCUT2D eigenvalue weighted by atomic mass is 10.1. The lowest BCUT2D eigenvalue weighted by molar-refractivity contribution is -0.385. The van der Waals surface area contributed by atoms with Gasteiger partial charge in [-0.3, -0.25) is 14.9 Å². The third-order valence-electron chi connectivity index (χ3n) is 3.35. The molecule has 2 rings (SSSR count). The zero-order chi connectivity index (χ0) is 15.4. The Morgan fingerprint density at radius 1 is 1.52 bits per heavy atom. The fraction of sp³-hybridized carbons (Fsp3) is 0.500. The molecule has 1 aromatic rings. The first-order chi connectivity index (χ1) is 9.99. The van der Waals surface area contributed by atoms with Gasteiger partial charge in [-0.05, 0) is 30.9 Å². The second kappa shape index (κ2) is 6.87. The van der Waals surface area contributed by atoms with Crippen LogP contribution >= 0.6 is 11.6 Å². The van der Waals surface area contributed by atoms with Crippen LogP contribution in [0.5, 0.6) is 0 Å². The Morgan fingerprint density at radius 3 is 2.86 bits per heavy atom. The topological polar surface area (TPSA) is 72.7 Å². The third kappa shape index (κ3) is 4.41. The third-order valence-corrected chi connectivity index (χ3v) is 3.59. The highest BCUT2D eigenvalue weighted by atomic mass is 35.5. The number of carbonyl (C=O) groups excluding carboxylic acids is 1. The number of halogens is 1. The quantitative estimate of drug-likeness (QED) is 0.441. The molecule has 0 unspecified atom stereocenters. The summed E-state index contributed by atoms with van der Waals surface area (Å²) in [5.74, 6) is 0.235. The van der Waals surface area contributed by atoms with Crippen molar-refractivity contribution >= 4 is 23.2 Å². The molecule has 0 spiro atoms. The van der Waals surface area contributed by atoms with Gasteiger partial charge in [0.25, 0.3) is 11.6 Å². The van der Waals surface area contributed by atoms with E-state index in [-0.39, 0.29) is 11.3 Å². The standard InChI is InChI=1S/C14H17ClN2O4/c1-16(6-7-21-9-10-2-3-10)14(18)12-8-11(15)4-5-13(12)17(19)20/h4-5,8,10H,2-3,6-7,9H2,1H3. The number of nitro groups is 1. The normalized spacial score (nSPS) is 14.0. The predicted octanol–water partition coefficient (Wildman–Crippen LogP) is 2.75. The number of amides is 1. The van der Waals surface area contributed by atoms with Crippen LogP contribution in [0.3, 0.4) is 0 Å². The summed E-state index contributed by atoms with van der Waals surface area (Å²) in [6.45, 7) is 1.53. The van der Waals surface area contributed by atoms with Crippen molar-refractivity contribution < 1.29 is 14.5 Å². The van der Waals surface area contributed by atoms with Crippen molar-refractivity contribution in [1.82, 2.24) is 4.90 Å². The molecule has 0 N–H and O–H groups in total. The second-order valence-corrected chi connectivity index (χ2v) is 5.60. The Morgan fingerprint density at radius 2 is 2.24 bits per heavy atom. The van der Waals surface area contributed by atoms with Crippen molar-refractivity contribution in [3.05, 3.63) is 38.9 Å². The number of nitrogens with zero attached hydrogens (tertiary/aromatic N) is 2. The molecular formula is C14H17ClN2O4. The lowest BCUT2D eigenvalue weighted by Gasteiger charge is -2.17. The maximum Gasteiger partial charge on any atom is 0.282 e. The van der Waals surface area contributed by atoms with Crippen molar-refractivity contribution in [1.29, 1.82) is 0 Å². The first kappa shape index (κ1) is 15.7. The van der Waals surface area contributed by atoms with E-state index in [1.807, 2.05) is 0 Å². The molecule has 0 radical (unpaired) electrons. The highest BCUT2D eigenvalue weighted by molar-refractivity contribution is 6.31. The van der Waals surface area contributed by atoms with Crippen molar-refractivity contribution in [2.75, 3.05) is 26.8 Å². The van der Waals surface area contributed by atoms with Crippen molar-refractivity contribution in [2.24, 2.45) is 5.92 Å². The van der Waals surface area contributed by atoms with Gasteiger partial charge < -0.3 is 9.64 Å². The molecule has 0 atom stereocenters. The molecule has 0 heterocycles. The Kier molecular flexibility index (Phi) is 5.14. The molecule has 1 saturated carbocycles. The molecule has 0 saturated heterocycles. The van der Waals surface area contributed by atoms with Gasteiger partial charge in [0, 0.05) is 31.3 Å². The fourth-order valence-corrected chi connectivity index (χ4v) is 2.05. The second-order valence-electron chi connectivity index (χ2n) is 5.16. The van der Waals surface area contributed by atoms with Crippen LogP contribution in [0.1, 0.15) is 23.2 Å². The first-order valence-electron chi connectivity index (χ1n) is 6.76.